The first-order valence-electron chi connectivity index (χ1n) is 4.89. The Kier molecular flexibility index (Phi) is 2.91. The van der Waals surface area contributed by atoms with Crippen LogP contribution in [0, 0.1) is 0 Å². The number of aliphatic hydroxyl groups excluding tert-OH is 4. The second-order valence-corrected chi connectivity index (χ2v) is 3.87. The predicted octanol–water partition coefficient (Wildman–Crippen LogP) is -3.32. The number of hydrogen-bond acceptors (Lipinski definition) is 7. The molecule has 0 spiro atoms. The number of aromatic amines is 1. The minimum atomic E-state index is -1.37. The molecule has 1 aliphatic heterocycles. The molecule has 1 aliphatic rings. The predicted molar refractivity (Wildman–Crippen MR) is 51.2 cm³/mol. The van der Waals surface area contributed by atoms with E-state index < -0.39 is 30.5 Å². The summed E-state index contributed by atoms with van der Waals surface area (Å²) in [6.07, 6.45) is -2.38. The molecule has 16 heavy (non-hydrogen) atoms. The van der Waals surface area contributed by atoms with Gasteiger partial charge in [0.15, 0.2) is 0 Å². The van der Waals surface area contributed by atoms with Gasteiger partial charge in [-0.3, -0.25) is 10.4 Å². The van der Waals surface area contributed by atoms with E-state index in [2.05, 4.69) is 20.7 Å². The van der Waals surface area contributed by atoms with Gasteiger partial charge < -0.3 is 20.4 Å². The van der Waals surface area contributed by atoms with E-state index >= 15 is 0 Å². The summed E-state index contributed by atoms with van der Waals surface area (Å²) in [5.74, 6) is 0. The topological polar surface area (TPSA) is 135 Å². The van der Waals surface area contributed by atoms with Crippen LogP contribution in [-0.2, 0) is 5.54 Å². The smallest absolute Gasteiger partial charge is 0.117 e. The van der Waals surface area contributed by atoms with Crippen molar-refractivity contribution in [1.29, 1.82) is 0 Å². The number of aliphatic hydroxyl groups is 4. The Labute approximate surface area is 90.9 Å². The van der Waals surface area contributed by atoms with Crippen molar-refractivity contribution in [3.05, 3.63) is 11.9 Å². The highest BCUT2D eigenvalue weighted by Gasteiger charge is 2.50. The number of β-amino-alcohol motifs (C(OH)–C–C–N with tert-alkyl or cyclic N) is 1. The van der Waals surface area contributed by atoms with Gasteiger partial charge in [0.2, 0.25) is 0 Å². The summed E-state index contributed by atoms with van der Waals surface area (Å²) in [5.41, 5.74) is -1.01. The molecule has 0 aromatic carbocycles. The van der Waals surface area contributed by atoms with Crippen molar-refractivity contribution < 1.29 is 20.4 Å². The van der Waals surface area contributed by atoms with E-state index in [0.29, 0.717) is 0 Å². The van der Waals surface area contributed by atoms with Gasteiger partial charge in [-0.1, -0.05) is 5.21 Å². The monoisotopic (exact) mass is 230 g/mol. The molecule has 1 fully saturated rings. The van der Waals surface area contributed by atoms with E-state index in [0.717, 1.165) is 0 Å². The summed E-state index contributed by atoms with van der Waals surface area (Å²) in [6, 6.07) is 0. The normalized spacial score (nSPS) is 39.9. The van der Waals surface area contributed by atoms with Gasteiger partial charge in [-0.25, -0.2) is 0 Å². The summed E-state index contributed by atoms with van der Waals surface area (Å²) >= 11 is 0. The summed E-state index contributed by atoms with van der Waals surface area (Å²) in [4.78, 5) is 0. The lowest BCUT2D eigenvalue weighted by molar-refractivity contribution is -0.137. The van der Waals surface area contributed by atoms with Gasteiger partial charge in [0.05, 0.1) is 12.7 Å². The Morgan fingerprint density at radius 1 is 1.44 bits per heavy atom. The number of rotatable bonds is 2. The highest BCUT2D eigenvalue weighted by Crippen LogP contribution is 2.29. The molecule has 8 heteroatoms. The average molecular weight is 230 g/mol. The van der Waals surface area contributed by atoms with Crippen LogP contribution in [0.2, 0.25) is 0 Å². The van der Waals surface area contributed by atoms with Crippen LogP contribution in [0.5, 0.6) is 0 Å². The van der Waals surface area contributed by atoms with E-state index in [4.69, 9.17) is 0 Å². The standard InChI is InChI=1S/C8H14N4O4/c13-3-8(5-2-10-12-11-5)7(16)6(15)4(14)1-9-8/h2,4,6-7,9,13-16H,1,3H2,(H,10,11,12)/t4-,6+,7-,8-/m0/s1. The molecule has 6 N–H and O–H groups in total. The molecule has 2 rings (SSSR count). The second-order valence-electron chi connectivity index (χ2n) is 3.87. The van der Waals surface area contributed by atoms with Gasteiger partial charge in [0.25, 0.3) is 0 Å². The molecule has 0 saturated carbocycles. The first kappa shape index (κ1) is 11.4. The Morgan fingerprint density at radius 2 is 2.19 bits per heavy atom. The molecule has 0 radical (unpaired) electrons. The Hall–Kier alpha value is -1.06. The molecular formula is C8H14N4O4. The SMILES string of the molecule is OC[C@@]1(c2c[nH]nn2)NC[C@H](O)[C@@H](O)[C@@H]1O. The fraction of sp³-hybridized carbons (Fsp3) is 0.750. The molecule has 0 aliphatic carbocycles. The van der Waals surface area contributed by atoms with Crippen molar-refractivity contribution >= 4 is 0 Å². The summed E-state index contributed by atoms with van der Waals surface area (Å²) in [6.45, 7) is -0.421. The largest absolute Gasteiger partial charge is 0.394 e. The third-order valence-corrected chi connectivity index (χ3v) is 2.97. The minimum absolute atomic E-state index is 0.0473. The zero-order valence-corrected chi connectivity index (χ0v) is 8.41. The van der Waals surface area contributed by atoms with E-state index in [-0.39, 0.29) is 12.2 Å². The van der Waals surface area contributed by atoms with Crippen LogP contribution in [0.1, 0.15) is 5.69 Å². The third-order valence-electron chi connectivity index (χ3n) is 2.97. The van der Waals surface area contributed by atoms with Gasteiger partial charge in [0, 0.05) is 12.7 Å². The quantitative estimate of drug-likeness (QED) is 0.313. The van der Waals surface area contributed by atoms with Crippen molar-refractivity contribution in [2.24, 2.45) is 0 Å². The second kappa shape index (κ2) is 4.07. The highest BCUT2D eigenvalue weighted by atomic mass is 16.4. The molecule has 90 valence electrons. The van der Waals surface area contributed by atoms with Gasteiger partial charge in [0.1, 0.15) is 23.4 Å². The molecule has 4 atom stereocenters. The van der Waals surface area contributed by atoms with Crippen molar-refractivity contribution in [2.45, 2.75) is 23.9 Å². The fourth-order valence-electron chi connectivity index (χ4n) is 1.91. The molecule has 0 amide bonds. The number of hydrogen-bond donors (Lipinski definition) is 6. The number of piperidine rings is 1. The van der Waals surface area contributed by atoms with Gasteiger partial charge >= 0.3 is 0 Å². The zero-order valence-electron chi connectivity index (χ0n) is 8.41. The van der Waals surface area contributed by atoms with Crippen molar-refractivity contribution in [3.63, 3.8) is 0 Å². The molecule has 1 aromatic rings. The molecule has 1 aromatic heterocycles. The van der Waals surface area contributed by atoms with Gasteiger partial charge in [-0.15, -0.1) is 5.10 Å². The lowest BCUT2D eigenvalue weighted by Crippen LogP contribution is -2.67. The van der Waals surface area contributed by atoms with Crippen molar-refractivity contribution in [3.8, 4) is 0 Å². The minimum Gasteiger partial charge on any atom is -0.394 e. The van der Waals surface area contributed by atoms with Crippen molar-refractivity contribution in [2.75, 3.05) is 13.2 Å². The van der Waals surface area contributed by atoms with Crippen LogP contribution in [0.4, 0.5) is 0 Å². The fourth-order valence-corrected chi connectivity index (χ4v) is 1.91. The molecular weight excluding hydrogens is 216 g/mol. The molecule has 2 heterocycles. The average Bonchev–Trinajstić information content (AvgIpc) is 2.81. The first-order chi connectivity index (χ1) is 7.62. The molecule has 0 bridgehead atoms. The summed E-state index contributed by atoms with van der Waals surface area (Å²) in [7, 11) is 0. The van der Waals surface area contributed by atoms with Crippen LogP contribution < -0.4 is 5.32 Å². The van der Waals surface area contributed by atoms with Gasteiger partial charge in [-0.05, 0) is 0 Å². The Morgan fingerprint density at radius 3 is 2.75 bits per heavy atom. The van der Waals surface area contributed by atoms with E-state index in [1.54, 1.807) is 0 Å². The van der Waals surface area contributed by atoms with Crippen LogP contribution >= 0.6 is 0 Å². The number of nitrogens with one attached hydrogen (secondary N) is 2. The summed E-state index contributed by atoms with van der Waals surface area (Å²) in [5, 5.41) is 50.7. The lowest BCUT2D eigenvalue weighted by atomic mass is 9.81. The third kappa shape index (κ3) is 1.51. The van der Waals surface area contributed by atoms with Crippen molar-refractivity contribution in [1.82, 2.24) is 20.7 Å². The van der Waals surface area contributed by atoms with Gasteiger partial charge in [-0.2, -0.15) is 0 Å². The molecule has 8 nitrogen and oxygen atoms in total. The van der Waals surface area contributed by atoms with E-state index in [1.807, 2.05) is 0 Å². The maximum Gasteiger partial charge on any atom is 0.117 e. The maximum atomic E-state index is 9.92. The molecule has 0 unspecified atom stereocenters. The maximum absolute atomic E-state index is 9.92. The van der Waals surface area contributed by atoms with E-state index in [9.17, 15) is 20.4 Å². The highest BCUT2D eigenvalue weighted by molar-refractivity contribution is 5.18. The zero-order chi connectivity index (χ0) is 11.8. The lowest BCUT2D eigenvalue weighted by Gasteiger charge is -2.44. The Bertz CT molecular complexity index is 346. The summed E-state index contributed by atoms with van der Waals surface area (Å²) < 4.78 is 0. The number of H-pyrrole nitrogens is 1. The number of nitrogens with zero attached hydrogens (tertiary/aromatic N) is 2. The van der Waals surface area contributed by atoms with Crippen LogP contribution in [0.15, 0.2) is 6.20 Å². The first-order valence-corrected chi connectivity index (χ1v) is 4.89. The molecule has 1 saturated heterocycles. The Balaban J connectivity index is 2.35. The number of aromatic nitrogens is 3. The van der Waals surface area contributed by atoms with Crippen LogP contribution in [0.25, 0.3) is 0 Å². The van der Waals surface area contributed by atoms with Crippen LogP contribution in [-0.4, -0.2) is 67.3 Å². The van der Waals surface area contributed by atoms with Crippen LogP contribution in [0.3, 0.4) is 0 Å². The van der Waals surface area contributed by atoms with E-state index in [1.165, 1.54) is 6.20 Å².